The summed E-state index contributed by atoms with van der Waals surface area (Å²) in [5, 5.41) is 8.06. The predicted octanol–water partition coefficient (Wildman–Crippen LogP) is 6.89. The zero-order valence-electron chi connectivity index (χ0n) is 24.8. The third-order valence-electron chi connectivity index (χ3n) is 6.98. The maximum Gasteiger partial charge on any atom is 0.337 e. The van der Waals surface area contributed by atoms with Gasteiger partial charge < -0.3 is 9.64 Å². The van der Waals surface area contributed by atoms with Crippen LogP contribution < -0.4 is 0 Å². The monoisotopic (exact) mass is 538 g/mol. The van der Waals surface area contributed by atoms with Crippen LogP contribution in [0, 0.1) is 0 Å². The van der Waals surface area contributed by atoms with Crippen molar-refractivity contribution in [1.82, 2.24) is 20.1 Å². The van der Waals surface area contributed by atoms with Gasteiger partial charge in [-0.15, -0.1) is 0 Å². The van der Waals surface area contributed by atoms with Crippen molar-refractivity contribution in [1.29, 1.82) is 0 Å². The van der Waals surface area contributed by atoms with Gasteiger partial charge >= 0.3 is 5.97 Å². The number of esters is 1. The average Bonchev–Trinajstić information content (AvgIpc) is 3.36. The van der Waals surface area contributed by atoms with Crippen LogP contribution in [0.15, 0.2) is 60.8 Å². The minimum absolute atomic E-state index is 0.0571. The van der Waals surface area contributed by atoms with E-state index in [0.29, 0.717) is 11.3 Å². The maximum absolute atomic E-state index is 12.5. The number of ether oxygens (including phenoxy) is 1. The first kappa shape index (κ1) is 28.7. The molecule has 4 aromatic rings. The molecule has 1 amide bonds. The summed E-state index contributed by atoms with van der Waals surface area (Å²) in [6, 6.07) is 17.5. The van der Waals surface area contributed by atoms with E-state index in [0.717, 1.165) is 33.6 Å². The number of methoxy groups -OCH3 is 1. The van der Waals surface area contributed by atoms with Gasteiger partial charge in [0.25, 0.3) is 5.91 Å². The first-order chi connectivity index (χ1) is 18.7. The van der Waals surface area contributed by atoms with E-state index in [-0.39, 0.29) is 16.7 Å². The van der Waals surface area contributed by atoms with Gasteiger partial charge in [0.2, 0.25) is 0 Å². The Bertz CT molecular complexity index is 1500. The van der Waals surface area contributed by atoms with Crippen molar-refractivity contribution in [2.24, 2.45) is 0 Å². The smallest absolute Gasteiger partial charge is 0.337 e. The molecule has 0 radical (unpaired) electrons. The summed E-state index contributed by atoms with van der Waals surface area (Å²) in [7, 11) is 4.78. The fraction of sp³-hybridized carbons (Fsp3) is 0.333. The quantitative estimate of drug-likeness (QED) is 0.280. The van der Waals surface area contributed by atoms with E-state index in [1.165, 1.54) is 23.1 Å². The van der Waals surface area contributed by atoms with Gasteiger partial charge in [-0.1, -0.05) is 65.8 Å². The van der Waals surface area contributed by atoms with Gasteiger partial charge in [0.05, 0.1) is 18.4 Å². The molecule has 2 heterocycles. The first-order valence-electron chi connectivity index (χ1n) is 13.3. The molecule has 40 heavy (non-hydrogen) atoms. The summed E-state index contributed by atoms with van der Waals surface area (Å²) in [4.78, 5) is 30.5. The van der Waals surface area contributed by atoms with E-state index in [1.807, 2.05) is 18.2 Å². The van der Waals surface area contributed by atoms with Crippen molar-refractivity contribution in [2.45, 2.75) is 52.4 Å². The van der Waals surface area contributed by atoms with Crippen LogP contribution in [0.2, 0.25) is 0 Å². The number of H-pyrrole nitrogens is 1. The minimum atomic E-state index is -0.395. The Kier molecular flexibility index (Phi) is 7.70. The summed E-state index contributed by atoms with van der Waals surface area (Å²) in [5.41, 5.74) is 8.29. The molecule has 208 valence electrons. The van der Waals surface area contributed by atoms with Crippen molar-refractivity contribution < 1.29 is 14.3 Å². The van der Waals surface area contributed by atoms with E-state index in [2.05, 4.69) is 69.8 Å². The summed E-state index contributed by atoms with van der Waals surface area (Å²) >= 11 is 0. The molecule has 0 aliphatic carbocycles. The molecule has 0 unspecified atom stereocenters. The Labute approximate surface area is 236 Å². The Morgan fingerprint density at radius 2 is 1.38 bits per heavy atom. The van der Waals surface area contributed by atoms with Gasteiger partial charge in [0, 0.05) is 42.5 Å². The van der Waals surface area contributed by atoms with Crippen LogP contribution in [0.1, 0.15) is 73.5 Å². The van der Waals surface area contributed by atoms with Crippen molar-refractivity contribution >= 4 is 11.9 Å². The summed E-state index contributed by atoms with van der Waals surface area (Å²) < 4.78 is 4.86. The molecule has 1 N–H and O–H groups in total. The SMILES string of the molecule is COC(=O)c1ccc(-c2n[nH]c(-c3cc(C(C)(C)C)cc(C(C)(C)C)c3)c2-c2ccc(C(=O)N(C)C)nc2)cc1. The highest BCUT2D eigenvalue weighted by molar-refractivity contribution is 5.95. The van der Waals surface area contributed by atoms with E-state index < -0.39 is 5.97 Å². The highest BCUT2D eigenvalue weighted by Crippen LogP contribution is 2.41. The molecule has 7 nitrogen and oxygen atoms in total. The van der Waals surface area contributed by atoms with Crippen LogP contribution >= 0.6 is 0 Å². The molecule has 4 rings (SSSR count). The lowest BCUT2D eigenvalue weighted by atomic mass is 9.79. The number of amides is 1. The molecule has 2 aromatic heterocycles. The lowest BCUT2D eigenvalue weighted by molar-refractivity contribution is 0.0600. The topological polar surface area (TPSA) is 88.2 Å². The second-order valence-corrected chi connectivity index (χ2v) is 12.3. The van der Waals surface area contributed by atoms with Gasteiger partial charge in [-0.3, -0.25) is 14.9 Å². The van der Waals surface area contributed by atoms with Crippen molar-refractivity contribution in [2.75, 3.05) is 21.2 Å². The van der Waals surface area contributed by atoms with Crippen LogP contribution in [0.25, 0.3) is 33.6 Å². The Morgan fingerprint density at radius 1 is 0.800 bits per heavy atom. The molecule has 0 aliphatic heterocycles. The third-order valence-corrected chi connectivity index (χ3v) is 6.98. The van der Waals surface area contributed by atoms with Gasteiger partial charge in [-0.25, -0.2) is 4.79 Å². The van der Waals surface area contributed by atoms with Crippen molar-refractivity contribution in [3.05, 3.63) is 83.2 Å². The molecule has 2 aromatic carbocycles. The minimum Gasteiger partial charge on any atom is -0.465 e. The van der Waals surface area contributed by atoms with Crippen LogP contribution in [0.4, 0.5) is 0 Å². The number of hydrogen-bond acceptors (Lipinski definition) is 5. The van der Waals surface area contributed by atoms with Gasteiger partial charge in [-0.05, 0) is 52.3 Å². The van der Waals surface area contributed by atoms with E-state index in [9.17, 15) is 9.59 Å². The molecule has 7 heteroatoms. The number of nitrogens with zero attached hydrogens (tertiary/aromatic N) is 3. The van der Waals surface area contributed by atoms with Crippen molar-refractivity contribution in [3.8, 4) is 33.6 Å². The fourth-order valence-electron chi connectivity index (χ4n) is 4.46. The van der Waals surface area contributed by atoms with Crippen LogP contribution in [0.3, 0.4) is 0 Å². The van der Waals surface area contributed by atoms with Crippen LogP contribution in [0.5, 0.6) is 0 Å². The zero-order valence-corrected chi connectivity index (χ0v) is 24.8. The number of rotatable bonds is 5. The summed E-state index contributed by atoms with van der Waals surface area (Å²) in [6.07, 6.45) is 1.72. The number of nitrogens with one attached hydrogen (secondary N) is 1. The van der Waals surface area contributed by atoms with E-state index >= 15 is 0 Å². The van der Waals surface area contributed by atoms with Gasteiger partial charge in [0.15, 0.2) is 0 Å². The number of aromatic amines is 1. The molecule has 0 atom stereocenters. The van der Waals surface area contributed by atoms with Gasteiger partial charge in [0.1, 0.15) is 11.4 Å². The molecular weight excluding hydrogens is 500 g/mol. The van der Waals surface area contributed by atoms with Crippen LogP contribution in [-0.4, -0.2) is 53.2 Å². The molecule has 0 aliphatic rings. The molecule has 0 bridgehead atoms. The third kappa shape index (κ3) is 5.83. The number of carbonyl (C=O) groups excluding carboxylic acids is 2. The molecule has 0 spiro atoms. The molecule has 0 saturated carbocycles. The van der Waals surface area contributed by atoms with Crippen molar-refractivity contribution in [3.63, 3.8) is 0 Å². The summed E-state index contributed by atoms with van der Waals surface area (Å²) in [6.45, 7) is 13.3. The Hall–Kier alpha value is -4.26. The molecule has 0 fully saturated rings. The largest absolute Gasteiger partial charge is 0.465 e. The number of carbonyl (C=O) groups is 2. The second-order valence-electron chi connectivity index (χ2n) is 12.3. The Morgan fingerprint density at radius 3 is 1.85 bits per heavy atom. The number of hydrogen-bond donors (Lipinski definition) is 1. The number of pyridine rings is 1. The summed E-state index contributed by atoms with van der Waals surface area (Å²) in [5.74, 6) is -0.557. The average molecular weight is 539 g/mol. The van der Waals surface area contributed by atoms with Crippen LogP contribution in [-0.2, 0) is 15.6 Å². The normalized spacial score (nSPS) is 11.8. The lowest BCUT2D eigenvalue weighted by Crippen LogP contribution is -2.22. The zero-order chi connectivity index (χ0) is 29.4. The number of aromatic nitrogens is 3. The highest BCUT2D eigenvalue weighted by atomic mass is 16.5. The lowest BCUT2D eigenvalue weighted by Gasteiger charge is -2.26. The maximum atomic E-state index is 12.5. The highest BCUT2D eigenvalue weighted by Gasteiger charge is 2.25. The Balaban J connectivity index is 1.96. The number of benzene rings is 2. The molecule has 0 saturated heterocycles. The fourth-order valence-corrected chi connectivity index (χ4v) is 4.46. The van der Waals surface area contributed by atoms with Gasteiger partial charge in [-0.2, -0.15) is 5.10 Å². The predicted molar refractivity (Wildman–Crippen MR) is 159 cm³/mol. The van der Waals surface area contributed by atoms with E-state index in [1.54, 1.807) is 38.5 Å². The van der Waals surface area contributed by atoms with E-state index in [4.69, 9.17) is 9.84 Å². The molecular formula is C33H38N4O3. The standard InChI is InChI=1S/C33H38N4O3/c1-32(2,3)24-16-23(17-25(18-24)33(4,5)6)29-27(22-14-15-26(34-19-22)30(38)37(7)8)28(35-36-29)20-10-12-21(13-11-20)31(39)40-9/h10-19H,1-9H3,(H,35,36). The first-order valence-corrected chi connectivity index (χ1v) is 13.3. The second kappa shape index (κ2) is 10.7.